The highest BCUT2D eigenvalue weighted by atomic mass is 16.6. The first kappa shape index (κ1) is 25.4. The van der Waals surface area contributed by atoms with E-state index >= 15 is 0 Å². The van der Waals surface area contributed by atoms with Crippen molar-refractivity contribution in [2.75, 3.05) is 6.61 Å². The van der Waals surface area contributed by atoms with Crippen molar-refractivity contribution in [3.8, 4) is 5.75 Å². The molecular formula is C26H30O8. The van der Waals surface area contributed by atoms with E-state index in [1.165, 1.54) is 23.8 Å². The zero-order valence-electron chi connectivity index (χ0n) is 18.7. The molecule has 3 rings (SSSR count). The number of aliphatic hydroxyl groups is 2. The Morgan fingerprint density at radius 1 is 1.00 bits per heavy atom. The summed E-state index contributed by atoms with van der Waals surface area (Å²) in [5.41, 5.74) is 0.0495. The highest BCUT2D eigenvalue weighted by Crippen LogP contribution is 2.35. The number of aliphatic hydroxyl groups excluding tert-OH is 2. The lowest BCUT2D eigenvalue weighted by atomic mass is 9.79. The van der Waals surface area contributed by atoms with Crippen LogP contribution in [0.5, 0.6) is 5.75 Å². The van der Waals surface area contributed by atoms with Crippen LogP contribution in [-0.2, 0) is 25.5 Å². The Hall–Kier alpha value is -3.20. The molecule has 0 unspecified atom stereocenters. The van der Waals surface area contributed by atoms with E-state index in [1.54, 1.807) is 12.1 Å². The number of ether oxygens (including phenoxy) is 2. The summed E-state index contributed by atoms with van der Waals surface area (Å²) < 4.78 is 11.0. The summed E-state index contributed by atoms with van der Waals surface area (Å²) in [6.45, 7) is 0.156. The van der Waals surface area contributed by atoms with Crippen molar-refractivity contribution in [3.63, 3.8) is 0 Å². The summed E-state index contributed by atoms with van der Waals surface area (Å²) in [6, 6.07) is 16.0. The van der Waals surface area contributed by atoms with E-state index in [9.17, 15) is 30.0 Å². The van der Waals surface area contributed by atoms with Crippen molar-refractivity contribution in [2.24, 2.45) is 0 Å². The number of carbonyl (C=O) groups is 2. The fraction of sp³-hybridized carbons (Fsp3) is 0.385. The van der Waals surface area contributed by atoms with Gasteiger partial charge in [-0.25, -0.2) is 9.59 Å². The van der Waals surface area contributed by atoms with Crippen LogP contribution in [0.2, 0.25) is 0 Å². The van der Waals surface area contributed by atoms with Gasteiger partial charge < -0.3 is 29.9 Å². The number of rotatable bonds is 10. The molecule has 0 saturated heterocycles. The van der Waals surface area contributed by atoms with Crippen LogP contribution in [-0.4, -0.2) is 62.9 Å². The van der Waals surface area contributed by atoms with Gasteiger partial charge in [0.25, 0.3) is 0 Å². The number of unbranched alkanes of at least 4 members (excludes halogenated alkanes) is 1. The van der Waals surface area contributed by atoms with E-state index in [-0.39, 0.29) is 25.2 Å². The predicted molar refractivity (Wildman–Crippen MR) is 124 cm³/mol. The maximum Gasteiger partial charge on any atom is 0.336 e. The molecule has 2 aromatic rings. The fourth-order valence-electron chi connectivity index (χ4n) is 3.98. The number of aromatic hydroxyl groups is 1. The van der Waals surface area contributed by atoms with Crippen molar-refractivity contribution in [1.29, 1.82) is 0 Å². The van der Waals surface area contributed by atoms with Crippen LogP contribution < -0.4 is 0 Å². The lowest BCUT2D eigenvalue weighted by Gasteiger charge is -2.41. The van der Waals surface area contributed by atoms with Gasteiger partial charge >= 0.3 is 11.9 Å². The highest BCUT2D eigenvalue weighted by molar-refractivity contribution is 5.87. The standard InChI is InChI=1S/C26H30O8/c27-20-12-9-19(10-13-20)11-14-23(29)34-22-17-26(25(31)32,16-21(28)24(22)30)33-15-5-4-8-18-6-2-1-3-7-18/h1-3,6-7,9-14,21-22,24,27-28,30H,4-5,8,15-17H2,(H,31,32)/b14-11+/t21-,22+,24+,26-/m0/s1. The Morgan fingerprint density at radius 3 is 2.38 bits per heavy atom. The van der Waals surface area contributed by atoms with Crippen molar-refractivity contribution in [3.05, 3.63) is 71.8 Å². The Labute approximate surface area is 198 Å². The maximum atomic E-state index is 12.3. The second kappa shape index (κ2) is 11.8. The molecule has 0 aliphatic heterocycles. The topological polar surface area (TPSA) is 134 Å². The number of phenols is 1. The number of carboxylic acid groups (broad SMARTS) is 1. The molecule has 182 valence electrons. The van der Waals surface area contributed by atoms with Crippen molar-refractivity contribution in [1.82, 2.24) is 0 Å². The molecule has 0 spiro atoms. The summed E-state index contributed by atoms with van der Waals surface area (Å²) in [4.78, 5) is 24.4. The van der Waals surface area contributed by atoms with Crippen LogP contribution in [0.25, 0.3) is 6.08 Å². The summed E-state index contributed by atoms with van der Waals surface area (Å²) in [5.74, 6) is -1.99. The smallest absolute Gasteiger partial charge is 0.336 e. The molecule has 1 aliphatic rings. The summed E-state index contributed by atoms with van der Waals surface area (Å²) >= 11 is 0. The second-order valence-corrected chi connectivity index (χ2v) is 8.46. The Morgan fingerprint density at radius 2 is 1.71 bits per heavy atom. The van der Waals surface area contributed by atoms with E-state index in [2.05, 4.69) is 0 Å². The molecule has 0 heterocycles. The number of phenolic OH excluding ortho intramolecular Hbond substituents is 1. The predicted octanol–water partition coefficient (Wildman–Crippen LogP) is 2.70. The molecule has 8 heteroatoms. The first-order chi connectivity index (χ1) is 16.3. The van der Waals surface area contributed by atoms with Gasteiger partial charge in [-0.1, -0.05) is 42.5 Å². The Kier molecular flexibility index (Phi) is 8.81. The average molecular weight is 471 g/mol. The lowest BCUT2D eigenvalue weighted by molar-refractivity contribution is -0.207. The van der Waals surface area contributed by atoms with Crippen molar-refractivity contribution < 1.29 is 39.5 Å². The van der Waals surface area contributed by atoms with Gasteiger partial charge in [-0.3, -0.25) is 0 Å². The van der Waals surface area contributed by atoms with E-state index in [0.717, 1.165) is 18.9 Å². The molecule has 4 atom stereocenters. The number of aliphatic carboxylic acids is 1. The number of carboxylic acids is 1. The van der Waals surface area contributed by atoms with E-state index in [0.29, 0.717) is 12.0 Å². The van der Waals surface area contributed by atoms with Gasteiger partial charge in [0.1, 0.15) is 18.0 Å². The first-order valence-electron chi connectivity index (χ1n) is 11.2. The van der Waals surface area contributed by atoms with E-state index in [4.69, 9.17) is 9.47 Å². The van der Waals surface area contributed by atoms with Gasteiger partial charge in [0.2, 0.25) is 0 Å². The van der Waals surface area contributed by atoms with Crippen molar-refractivity contribution >= 4 is 18.0 Å². The molecule has 1 saturated carbocycles. The normalized spacial score (nSPS) is 24.7. The van der Waals surface area contributed by atoms with Crippen LogP contribution in [0.15, 0.2) is 60.7 Å². The number of carbonyl (C=O) groups excluding carboxylic acids is 1. The van der Waals surface area contributed by atoms with Crippen LogP contribution in [0.1, 0.15) is 36.8 Å². The number of aryl methyl sites for hydroxylation is 1. The molecular weight excluding hydrogens is 440 g/mol. The monoisotopic (exact) mass is 470 g/mol. The molecule has 1 fully saturated rings. The van der Waals surface area contributed by atoms with Crippen LogP contribution in [0, 0.1) is 0 Å². The number of benzene rings is 2. The van der Waals surface area contributed by atoms with Gasteiger partial charge in [-0.2, -0.15) is 0 Å². The molecule has 1 aliphatic carbocycles. The summed E-state index contributed by atoms with van der Waals surface area (Å²) in [7, 11) is 0. The van der Waals surface area contributed by atoms with E-state index in [1.807, 2.05) is 30.3 Å². The molecule has 0 radical (unpaired) electrons. The van der Waals surface area contributed by atoms with Crippen LogP contribution >= 0.6 is 0 Å². The Balaban J connectivity index is 1.57. The number of esters is 1. The zero-order chi connectivity index (χ0) is 24.6. The first-order valence-corrected chi connectivity index (χ1v) is 11.2. The van der Waals surface area contributed by atoms with Gasteiger partial charge in [-0.05, 0) is 48.6 Å². The zero-order valence-corrected chi connectivity index (χ0v) is 18.7. The molecule has 4 N–H and O–H groups in total. The quantitative estimate of drug-likeness (QED) is 0.237. The fourth-order valence-corrected chi connectivity index (χ4v) is 3.98. The highest BCUT2D eigenvalue weighted by Gasteiger charge is 2.52. The van der Waals surface area contributed by atoms with Crippen LogP contribution in [0.3, 0.4) is 0 Å². The molecule has 34 heavy (non-hydrogen) atoms. The number of hydrogen-bond acceptors (Lipinski definition) is 7. The van der Waals surface area contributed by atoms with Gasteiger partial charge in [0, 0.05) is 25.5 Å². The van der Waals surface area contributed by atoms with Gasteiger partial charge in [0.15, 0.2) is 5.60 Å². The largest absolute Gasteiger partial charge is 0.508 e. The minimum absolute atomic E-state index is 0.0871. The molecule has 2 aromatic carbocycles. The van der Waals surface area contributed by atoms with E-state index < -0.39 is 35.9 Å². The lowest BCUT2D eigenvalue weighted by Crippen LogP contribution is -2.58. The third kappa shape index (κ3) is 6.90. The average Bonchev–Trinajstić information content (AvgIpc) is 2.82. The SMILES string of the molecule is O=C(/C=C/c1ccc(O)cc1)O[C@@H]1C[C@](OCCCCc2ccccc2)(C(=O)O)C[C@H](O)[C@H]1O. The van der Waals surface area contributed by atoms with Crippen molar-refractivity contribution in [2.45, 2.75) is 56.0 Å². The summed E-state index contributed by atoms with van der Waals surface area (Å²) in [5, 5.41) is 39.8. The number of hydrogen-bond donors (Lipinski definition) is 4. The summed E-state index contributed by atoms with van der Waals surface area (Å²) in [6.07, 6.45) is 0.146. The molecule has 0 bridgehead atoms. The maximum absolute atomic E-state index is 12.3. The molecule has 0 amide bonds. The minimum Gasteiger partial charge on any atom is -0.508 e. The molecule has 0 aromatic heterocycles. The van der Waals surface area contributed by atoms with Crippen LogP contribution in [0.4, 0.5) is 0 Å². The molecule has 8 nitrogen and oxygen atoms in total. The Bertz CT molecular complexity index is 972. The van der Waals surface area contributed by atoms with Gasteiger partial charge in [-0.15, -0.1) is 0 Å². The van der Waals surface area contributed by atoms with Gasteiger partial charge in [0.05, 0.1) is 6.10 Å². The second-order valence-electron chi connectivity index (χ2n) is 8.46. The third-order valence-corrected chi connectivity index (χ3v) is 5.89. The minimum atomic E-state index is -1.77. The third-order valence-electron chi connectivity index (χ3n) is 5.89.